The number of esters is 1. The average Bonchev–Trinajstić information content (AvgIpc) is 3.28. The molecular weight excluding hydrogens is 494 g/mol. The molecule has 0 fully saturated rings. The number of anilines is 1. The van der Waals surface area contributed by atoms with E-state index in [-0.39, 0.29) is 25.7 Å². The van der Waals surface area contributed by atoms with Gasteiger partial charge in [-0.2, -0.15) is 0 Å². The number of hydrogen-bond donors (Lipinski definition) is 1. The van der Waals surface area contributed by atoms with Gasteiger partial charge in [0.2, 0.25) is 0 Å². The molecular formula is C24H28BrNO7. The summed E-state index contributed by atoms with van der Waals surface area (Å²) in [5, 5.41) is 11.9. The maximum atomic E-state index is 12.1. The van der Waals surface area contributed by atoms with Crippen molar-refractivity contribution in [3.05, 3.63) is 52.2 Å². The van der Waals surface area contributed by atoms with Crippen molar-refractivity contribution >= 4 is 38.6 Å². The van der Waals surface area contributed by atoms with Crippen LogP contribution in [-0.2, 0) is 20.7 Å². The van der Waals surface area contributed by atoms with Crippen LogP contribution in [0.25, 0.3) is 11.0 Å². The Morgan fingerprint density at radius 2 is 2.03 bits per heavy atom. The minimum absolute atomic E-state index is 0.0150. The van der Waals surface area contributed by atoms with Gasteiger partial charge in [0.1, 0.15) is 17.6 Å². The number of likely N-dealkylation sites (N-methyl/N-ethyl adjacent to an activating group) is 1. The summed E-state index contributed by atoms with van der Waals surface area (Å²) in [4.78, 5) is 13.9. The van der Waals surface area contributed by atoms with Crippen molar-refractivity contribution in [1.29, 1.82) is 0 Å². The lowest BCUT2D eigenvalue weighted by molar-refractivity contribution is -0.142. The van der Waals surface area contributed by atoms with E-state index in [1.54, 1.807) is 32.4 Å². The van der Waals surface area contributed by atoms with Crippen molar-refractivity contribution in [1.82, 2.24) is 0 Å². The number of halogens is 1. The molecule has 178 valence electrons. The maximum absolute atomic E-state index is 12.1. The highest BCUT2D eigenvalue weighted by atomic mass is 79.9. The molecule has 0 radical (unpaired) electrons. The highest BCUT2D eigenvalue weighted by Crippen LogP contribution is 2.40. The number of rotatable bonds is 11. The fourth-order valence-electron chi connectivity index (χ4n) is 3.69. The van der Waals surface area contributed by atoms with Gasteiger partial charge in [0, 0.05) is 31.8 Å². The van der Waals surface area contributed by atoms with Gasteiger partial charge in [-0.3, -0.25) is 4.79 Å². The van der Waals surface area contributed by atoms with Crippen molar-refractivity contribution in [2.45, 2.75) is 19.4 Å². The summed E-state index contributed by atoms with van der Waals surface area (Å²) in [6.45, 7) is 2.32. The normalized spacial score (nSPS) is 11.9. The number of methoxy groups -OCH3 is 2. The molecule has 8 nitrogen and oxygen atoms in total. The van der Waals surface area contributed by atoms with Gasteiger partial charge >= 0.3 is 5.97 Å². The number of carbonyl (C=O) groups excluding carboxylic acids is 1. The zero-order valence-corrected chi connectivity index (χ0v) is 20.7. The second-order valence-corrected chi connectivity index (χ2v) is 8.19. The second-order valence-electron chi connectivity index (χ2n) is 7.34. The van der Waals surface area contributed by atoms with Crippen LogP contribution in [0.5, 0.6) is 11.5 Å². The fourth-order valence-corrected chi connectivity index (χ4v) is 4.24. The number of benzene rings is 2. The minimum atomic E-state index is -0.885. The average molecular weight is 522 g/mol. The molecule has 1 aromatic heterocycles. The molecule has 1 atom stereocenters. The van der Waals surface area contributed by atoms with Crippen molar-refractivity contribution in [3.8, 4) is 11.5 Å². The molecule has 1 heterocycles. The van der Waals surface area contributed by atoms with Gasteiger partial charge in [0.15, 0.2) is 12.4 Å². The summed E-state index contributed by atoms with van der Waals surface area (Å²) in [6, 6.07) is 9.10. The van der Waals surface area contributed by atoms with Gasteiger partial charge in [0.05, 0.1) is 41.9 Å². The fraction of sp³-hybridized carbons (Fsp3) is 0.375. The summed E-state index contributed by atoms with van der Waals surface area (Å²) < 4.78 is 27.8. The molecule has 0 aliphatic rings. The molecule has 0 bridgehead atoms. The molecule has 1 N–H and O–H groups in total. The minimum Gasteiger partial charge on any atom is -0.496 e. The van der Waals surface area contributed by atoms with E-state index in [9.17, 15) is 9.90 Å². The molecule has 2 aromatic carbocycles. The molecule has 9 heteroatoms. The number of aliphatic hydroxyl groups excluding tert-OH is 1. The third-order valence-corrected chi connectivity index (χ3v) is 5.72. The number of aliphatic hydroxyl groups is 1. The number of fused-ring (bicyclic) bond motifs is 1. The Morgan fingerprint density at radius 3 is 2.73 bits per heavy atom. The van der Waals surface area contributed by atoms with Crippen LogP contribution in [-0.4, -0.2) is 52.3 Å². The Bertz CT molecular complexity index is 1100. The van der Waals surface area contributed by atoms with Gasteiger partial charge in [-0.1, -0.05) is 12.1 Å². The summed E-state index contributed by atoms with van der Waals surface area (Å²) in [5.74, 6) is 0.706. The van der Waals surface area contributed by atoms with Crippen LogP contribution in [0, 0.1) is 0 Å². The zero-order chi connectivity index (χ0) is 24.0. The first-order chi connectivity index (χ1) is 15.9. The van der Waals surface area contributed by atoms with Crippen LogP contribution in [0.2, 0.25) is 0 Å². The highest BCUT2D eigenvalue weighted by molar-refractivity contribution is 9.10. The van der Waals surface area contributed by atoms with E-state index < -0.39 is 6.10 Å². The molecule has 3 aromatic rings. The van der Waals surface area contributed by atoms with Crippen molar-refractivity contribution in [2.75, 3.05) is 46.1 Å². The Hall–Kier alpha value is -2.75. The number of nitrogens with zero attached hydrogens (tertiary/aromatic N) is 1. The number of carbonyl (C=O) groups is 1. The lowest BCUT2D eigenvalue weighted by atomic mass is 10.0. The van der Waals surface area contributed by atoms with E-state index in [0.717, 1.165) is 9.86 Å². The first-order valence-corrected chi connectivity index (χ1v) is 11.2. The molecule has 0 spiro atoms. The summed E-state index contributed by atoms with van der Waals surface area (Å²) in [7, 11) is 4.92. The smallest absolute Gasteiger partial charge is 0.310 e. The number of ether oxygens (including phenoxy) is 4. The van der Waals surface area contributed by atoms with E-state index >= 15 is 0 Å². The third-order valence-electron chi connectivity index (χ3n) is 5.13. The lowest BCUT2D eigenvalue weighted by Crippen LogP contribution is -2.25. The number of hydrogen-bond acceptors (Lipinski definition) is 8. The maximum Gasteiger partial charge on any atom is 0.310 e. The van der Waals surface area contributed by atoms with Gasteiger partial charge < -0.3 is 33.4 Å². The molecule has 0 aliphatic heterocycles. The molecule has 3 rings (SSSR count). The van der Waals surface area contributed by atoms with E-state index in [2.05, 4.69) is 15.9 Å². The van der Waals surface area contributed by atoms with Gasteiger partial charge in [-0.25, -0.2) is 0 Å². The van der Waals surface area contributed by atoms with Crippen LogP contribution in [0.1, 0.15) is 24.2 Å². The quantitative estimate of drug-likeness (QED) is 0.292. The molecule has 0 saturated heterocycles. The van der Waals surface area contributed by atoms with Gasteiger partial charge in [0.25, 0.3) is 0 Å². The molecule has 0 amide bonds. The van der Waals surface area contributed by atoms with Crippen LogP contribution < -0.4 is 14.4 Å². The van der Waals surface area contributed by atoms with E-state index in [1.807, 2.05) is 30.1 Å². The highest BCUT2D eigenvalue weighted by Gasteiger charge is 2.23. The first kappa shape index (κ1) is 24.9. The SMILES string of the molecule is CCOC(=O)Cc1cccc(N(C)CC(O)c2cc(Br)c3occc3c2OC)c1OCOC. The molecule has 1 unspecified atom stereocenters. The second kappa shape index (κ2) is 11.4. The third kappa shape index (κ3) is 5.61. The largest absolute Gasteiger partial charge is 0.496 e. The summed E-state index contributed by atoms with van der Waals surface area (Å²) >= 11 is 3.50. The van der Waals surface area contributed by atoms with Crippen molar-refractivity contribution in [3.63, 3.8) is 0 Å². The number of para-hydroxylation sites is 1. The number of furan rings is 1. The molecule has 0 aliphatic carbocycles. The van der Waals surface area contributed by atoms with Gasteiger partial charge in [-0.15, -0.1) is 0 Å². The monoisotopic (exact) mass is 521 g/mol. The van der Waals surface area contributed by atoms with Crippen LogP contribution in [0.3, 0.4) is 0 Å². The van der Waals surface area contributed by atoms with E-state index in [0.29, 0.717) is 40.5 Å². The Kier molecular flexibility index (Phi) is 8.60. The predicted octanol–water partition coefficient (Wildman–Crippen LogP) is 4.46. The van der Waals surface area contributed by atoms with Crippen LogP contribution >= 0.6 is 15.9 Å². The summed E-state index contributed by atoms with van der Waals surface area (Å²) in [5.41, 5.74) is 2.64. The van der Waals surface area contributed by atoms with Crippen molar-refractivity contribution < 1.29 is 33.3 Å². The standard InChI is InChI=1S/C24H28BrNO7/c1-5-31-21(28)11-15-7-6-8-19(22(15)33-14-29-3)26(2)13-20(27)17-12-18(25)24-16(9-10-32-24)23(17)30-4/h6-10,12,20,27H,5,11,13-14H2,1-4H3. The van der Waals surface area contributed by atoms with Crippen LogP contribution in [0.15, 0.2) is 45.5 Å². The Labute approximate surface area is 201 Å². The Balaban J connectivity index is 1.91. The lowest BCUT2D eigenvalue weighted by Gasteiger charge is -2.27. The van der Waals surface area contributed by atoms with E-state index in [4.69, 9.17) is 23.4 Å². The van der Waals surface area contributed by atoms with E-state index in [1.165, 1.54) is 7.11 Å². The molecule has 33 heavy (non-hydrogen) atoms. The van der Waals surface area contributed by atoms with Crippen LogP contribution in [0.4, 0.5) is 5.69 Å². The topological polar surface area (TPSA) is 90.6 Å². The molecule has 0 saturated carbocycles. The predicted molar refractivity (Wildman–Crippen MR) is 128 cm³/mol. The van der Waals surface area contributed by atoms with Crippen molar-refractivity contribution in [2.24, 2.45) is 0 Å². The first-order valence-electron chi connectivity index (χ1n) is 10.4. The van der Waals surface area contributed by atoms with Gasteiger partial charge in [-0.05, 0) is 41.1 Å². The zero-order valence-electron chi connectivity index (χ0n) is 19.1. The Morgan fingerprint density at radius 1 is 1.24 bits per heavy atom. The summed E-state index contributed by atoms with van der Waals surface area (Å²) in [6.07, 6.45) is 0.758.